The van der Waals surface area contributed by atoms with Gasteiger partial charge >= 0.3 is 0 Å². The van der Waals surface area contributed by atoms with Crippen LogP contribution in [0.2, 0.25) is 0 Å². The van der Waals surface area contributed by atoms with Gasteiger partial charge in [0.15, 0.2) is 5.76 Å². The van der Waals surface area contributed by atoms with Gasteiger partial charge in [0.2, 0.25) is 0 Å². The normalized spacial score (nSPS) is 10.9. The molecule has 0 atom stereocenters. The molecule has 6 heteroatoms. The first-order valence-corrected chi connectivity index (χ1v) is 7.21. The molecule has 2 aromatic carbocycles. The summed E-state index contributed by atoms with van der Waals surface area (Å²) in [6, 6.07) is 10.4. The van der Waals surface area contributed by atoms with E-state index in [1.807, 2.05) is 0 Å². The molecule has 0 spiro atoms. The minimum atomic E-state index is -0.527. The molecule has 112 valence electrons. The second-order valence-corrected chi connectivity index (χ2v) is 5.52. The average molecular weight is 366 g/mol. The topological polar surface area (TPSA) is 46.3 Å². The van der Waals surface area contributed by atoms with Gasteiger partial charge in [-0.3, -0.25) is 0 Å². The molecule has 22 heavy (non-hydrogen) atoms. The summed E-state index contributed by atoms with van der Waals surface area (Å²) in [5, 5.41) is 13.4. The van der Waals surface area contributed by atoms with Gasteiger partial charge in [0.05, 0.1) is 17.7 Å². The van der Waals surface area contributed by atoms with Gasteiger partial charge in [0.25, 0.3) is 0 Å². The summed E-state index contributed by atoms with van der Waals surface area (Å²) in [5.41, 5.74) is 0.755. The Balaban J connectivity index is 2.18. The summed E-state index contributed by atoms with van der Waals surface area (Å²) in [6.45, 7) is -0.446. The molecule has 0 radical (unpaired) electrons. The molecule has 0 aliphatic rings. The van der Waals surface area contributed by atoms with E-state index < -0.39 is 18.2 Å². The molecule has 1 N–H and O–H groups in total. The molecule has 1 aromatic heterocycles. The van der Waals surface area contributed by atoms with Crippen LogP contribution in [0, 0.1) is 11.6 Å². The van der Waals surface area contributed by atoms with Gasteiger partial charge < -0.3 is 9.63 Å². The smallest absolute Gasteiger partial charge is 0.175 e. The van der Waals surface area contributed by atoms with Gasteiger partial charge in [0.1, 0.15) is 17.3 Å². The standard InChI is InChI=1S/C16H10BrF2NO2/c17-9-5-6-11(14(19)7-9)16-12(8-21)15(20-22-16)10-3-1-2-4-13(10)18/h1-7,21H,8H2. The predicted molar refractivity (Wildman–Crippen MR) is 80.9 cm³/mol. The maximum absolute atomic E-state index is 14.1. The van der Waals surface area contributed by atoms with Crippen LogP contribution in [0.4, 0.5) is 8.78 Å². The Kier molecular flexibility index (Phi) is 4.04. The number of nitrogens with zero attached hydrogens (tertiary/aromatic N) is 1. The molecule has 0 saturated heterocycles. The van der Waals surface area contributed by atoms with Crippen molar-refractivity contribution in [3.63, 3.8) is 0 Å². The molecular formula is C16H10BrF2NO2. The fourth-order valence-corrected chi connectivity index (χ4v) is 2.54. The highest BCUT2D eigenvalue weighted by Gasteiger charge is 2.22. The van der Waals surface area contributed by atoms with Crippen molar-refractivity contribution in [1.82, 2.24) is 5.16 Å². The number of benzene rings is 2. The fourth-order valence-electron chi connectivity index (χ4n) is 2.21. The molecule has 0 fully saturated rings. The molecule has 1 heterocycles. The van der Waals surface area contributed by atoms with Crippen molar-refractivity contribution in [2.75, 3.05) is 0 Å². The molecule has 0 saturated carbocycles. The lowest BCUT2D eigenvalue weighted by molar-refractivity contribution is 0.281. The Labute approximate surface area is 133 Å². The number of aromatic nitrogens is 1. The Morgan fingerprint density at radius 2 is 1.82 bits per heavy atom. The van der Waals surface area contributed by atoms with Crippen LogP contribution in [0.25, 0.3) is 22.6 Å². The third-order valence-electron chi connectivity index (χ3n) is 3.25. The number of aliphatic hydroxyl groups is 1. The molecule has 0 bridgehead atoms. The molecule has 0 aliphatic heterocycles. The zero-order valence-corrected chi connectivity index (χ0v) is 12.8. The number of hydrogen-bond donors (Lipinski definition) is 1. The van der Waals surface area contributed by atoms with E-state index in [0.717, 1.165) is 0 Å². The van der Waals surface area contributed by atoms with Crippen LogP contribution in [0.5, 0.6) is 0 Å². The maximum Gasteiger partial charge on any atom is 0.175 e. The molecule has 0 unspecified atom stereocenters. The summed E-state index contributed by atoms with van der Waals surface area (Å²) >= 11 is 3.17. The Morgan fingerprint density at radius 3 is 2.50 bits per heavy atom. The van der Waals surface area contributed by atoms with Gasteiger partial charge in [-0.15, -0.1) is 0 Å². The Bertz CT molecular complexity index is 833. The van der Waals surface area contributed by atoms with Crippen molar-refractivity contribution >= 4 is 15.9 Å². The molecular weight excluding hydrogens is 356 g/mol. The summed E-state index contributed by atoms with van der Waals surface area (Å²) in [6.07, 6.45) is 0. The number of hydrogen-bond acceptors (Lipinski definition) is 3. The van der Waals surface area contributed by atoms with Gasteiger partial charge in [-0.25, -0.2) is 8.78 Å². The van der Waals surface area contributed by atoms with Crippen LogP contribution < -0.4 is 0 Å². The zero-order chi connectivity index (χ0) is 15.7. The van der Waals surface area contributed by atoms with Crippen molar-refractivity contribution < 1.29 is 18.4 Å². The lowest BCUT2D eigenvalue weighted by Gasteiger charge is -2.03. The van der Waals surface area contributed by atoms with E-state index in [2.05, 4.69) is 21.1 Å². The van der Waals surface area contributed by atoms with Crippen molar-refractivity contribution in [2.24, 2.45) is 0 Å². The SMILES string of the molecule is OCc1c(-c2ccccc2F)noc1-c1ccc(Br)cc1F. The predicted octanol–water partition coefficient (Wildman–Crippen LogP) is 4.54. The summed E-state index contributed by atoms with van der Waals surface area (Å²) < 4.78 is 33.7. The Hall–Kier alpha value is -2.05. The van der Waals surface area contributed by atoms with E-state index in [1.165, 1.54) is 24.3 Å². The van der Waals surface area contributed by atoms with E-state index in [1.54, 1.807) is 18.2 Å². The first kappa shape index (κ1) is 14.9. The quantitative estimate of drug-likeness (QED) is 0.740. The second kappa shape index (κ2) is 5.98. The summed E-state index contributed by atoms with van der Waals surface area (Å²) in [7, 11) is 0. The first-order chi connectivity index (χ1) is 10.6. The zero-order valence-electron chi connectivity index (χ0n) is 11.2. The second-order valence-electron chi connectivity index (χ2n) is 4.60. The van der Waals surface area contributed by atoms with Crippen molar-refractivity contribution in [1.29, 1.82) is 0 Å². The highest BCUT2D eigenvalue weighted by molar-refractivity contribution is 9.10. The summed E-state index contributed by atoms with van der Waals surface area (Å²) in [4.78, 5) is 0. The van der Waals surface area contributed by atoms with E-state index >= 15 is 0 Å². The fraction of sp³-hybridized carbons (Fsp3) is 0.0625. The van der Waals surface area contributed by atoms with E-state index in [4.69, 9.17) is 4.52 Å². The molecule has 3 rings (SSSR count). The van der Waals surface area contributed by atoms with Crippen molar-refractivity contribution in [3.8, 4) is 22.6 Å². The van der Waals surface area contributed by atoms with E-state index in [0.29, 0.717) is 4.47 Å². The van der Waals surface area contributed by atoms with Crippen LogP contribution >= 0.6 is 15.9 Å². The highest BCUT2D eigenvalue weighted by atomic mass is 79.9. The number of aliphatic hydroxyl groups excluding tert-OH is 1. The lowest BCUT2D eigenvalue weighted by atomic mass is 10.0. The molecule has 3 aromatic rings. The van der Waals surface area contributed by atoms with Crippen LogP contribution in [0.15, 0.2) is 51.5 Å². The van der Waals surface area contributed by atoms with Crippen LogP contribution in [0.1, 0.15) is 5.56 Å². The van der Waals surface area contributed by atoms with Crippen LogP contribution in [0.3, 0.4) is 0 Å². The first-order valence-electron chi connectivity index (χ1n) is 6.41. The number of halogens is 3. The Morgan fingerprint density at radius 1 is 1.05 bits per heavy atom. The molecule has 3 nitrogen and oxygen atoms in total. The average Bonchev–Trinajstić information content (AvgIpc) is 2.91. The van der Waals surface area contributed by atoms with E-state index in [-0.39, 0.29) is 28.1 Å². The van der Waals surface area contributed by atoms with Gasteiger partial charge in [0, 0.05) is 10.0 Å². The summed E-state index contributed by atoms with van der Waals surface area (Å²) in [5.74, 6) is -0.931. The number of rotatable bonds is 3. The molecule has 0 amide bonds. The van der Waals surface area contributed by atoms with Gasteiger partial charge in [-0.05, 0) is 30.3 Å². The van der Waals surface area contributed by atoms with Crippen LogP contribution in [-0.2, 0) is 6.61 Å². The van der Waals surface area contributed by atoms with Crippen LogP contribution in [-0.4, -0.2) is 10.3 Å². The third kappa shape index (κ3) is 2.55. The minimum absolute atomic E-state index is 0.0887. The monoisotopic (exact) mass is 365 g/mol. The van der Waals surface area contributed by atoms with Gasteiger partial charge in [-0.1, -0.05) is 33.2 Å². The maximum atomic E-state index is 14.1. The highest BCUT2D eigenvalue weighted by Crippen LogP contribution is 2.35. The lowest BCUT2D eigenvalue weighted by Crippen LogP contribution is -1.92. The van der Waals surface area contributed by atoms with E-state index in [9.17, 15) is 13.9 Å². The van der Waals surface area contributed by atoms with Crippen molar-refractivity contribution in [3.05, 3.63) is 64.1 Å². The minimum Gasteiger partial charge on any atom is -0.391 e. The molecule has 0 aliphatic carbocycles. The van der Waals surface area contributed by atoms with Crippen molar-refractivity contribution in [2.45, 2.75) is 6.61 Å². The van der Waals surface area contributed by atoms with Gasteiger partial charge in [-0.2, -0.15) is 0 Å². The third-order valence-corrected chi connectivity index (χ3v) is 3.74. The largest absolute Gasteiger partial charge is 0.391 e.